The molecule has 0 aromatic heterocycles. The van der Waals surface area contributed by atoms with Crippen LogP contribution in [0.5, 0.6) is 5.75 Å². The van der Waals surface area contributed by atoms with Gasteiger partial charge in [-0.15, -0.1) is 0 Å². The molecule has 0 saturated carbocycles. The van der Waals surface area contributed by atoms with E-state index in [2.05, 4.69) is 35.3 Å². The first kappa shape index (κ1) is 20.4. The normalized spacial score (nSPS) is 13.7. The number of carbonyl (C=O) groups is 3. The Morgan fingerprint density at radius 2 is 1.69 bits per heavy atom. The summed E-state index contributed by atoms with van der Waals surface area (Å²) in [6.07, 6.45) is 0. The minimum atomic E-state index is -0.790. The molecule has 3 rings (SSSR count). The number of ether oxygens (including phenoxy) is 1. The minimum absolute atomic E-state index is 0.189. The number of hydrogen-bond donors (Lipinski definition) is 1. The van der Waals surface area contributed by atoms with Gasteiger partial charge in [0.05, 0.1) is 13.7 Å². The van der Waals surface area contributed by atoms with E-state index >= 15 is 0 Å². The molecule has 1 heterocycles. The van der Waals surface area contributed by atoms with Crippen LogP contribution in [-0.4, -0.2) is 62.3 Å². The second-order valence-electron chi connectivity index (χ2n) is 6.95. The Balaban J connectivity index is 1.47. The van der Waals surface area contributed by atoms with Gasteiger partial charge in [-0.05, 0) is 48.9 Å². The van der Waals surface area contributed by atoms with E-state index in [1.807, 2.05) is 6.07 Å². The average molecular weight is 395 g/mol. The summed E-state index contributed by atoms with van der Waals surface area (Å²) in [6, 6.07) is 14.5. The summed E-state index contributed by atoms with van der Waals surface area (Å²) in [5.41, 5.74) is 2.60. The summed E-state index contributed by atoms with van der Waals surface area (Å²) in [5.74, 6) is -1.06. The molecule has 29 heavy (non-hydrogen) atoms. The highest BCUT2D eigenvalue weighted by Crippen LogP contribution is 2.17. The summed E-state index contributed by atoms with van der Waals surface area (Å²) in [7, 11) is 1.52. The van der Waals surface area contributed by atoms with E-state index in [0.29, 0.717) is 18.8 Å². The molecule has 0 aliphatic carbocycles. The van der Waals surface area contributed by atoms with Crippen LogP contribution in [0.15, 0.2) is 48.5 Å². The van der Waals surface area contributed by atoms with Crippen LogP contribution in [0, 0.1) is 6.92 Å². The molecule has 1 aliphatic rings. The van der Waals surface area contributed by atoms with Crippen molar-refractivity contribution >= 4 is 23.3 Å². The molecular formula is C22H25N3O4. The number of nitrogens with one attached hydrogen (secondary N) is 1. The van der Waals surface area contributed by atoms with Crippen LogP contribution in [0.2, 0.25) is 0 Å². The first-order valence-corrected chi connectivity index (χ1v) is 9.54. The van der Waals surface area contributed by atoms with Crippen molar-refractivity contribution in [2.45, 2.75) is 6.92 Å². The number of nitrogens with zero attached hydrogens (tertiary/aromatic N) is 2. The van der Waals surface area contributed by atoms with Crippen molar-refractivity contribution in [3.8, 4) is 5.75 Å². The highest BCUT2D eigenvalue weighted by molar-refractivity contribution is 6.43. The van der Waals surface area contributed by atoms with Crippen molar-refractivity contribution in [3.05, 3.63) is 59.7 Å². The van der Waals surface area contributed by atoms with Crippen molar-refractivity contribution in [1.29, 1.82) is 0 Å². The van der Waals surface area contributed by atoms with Crippen molar-refractivity contribution in [2.75, 3.05) is 44.7 Å². The molecule has 0 unspecified atom stereocenters. The van der Waals surface area contributed by atoms with E-state index in [0.717, 1.165) is 18.8 Å². The maximum absolute atomic E-state index is 12.4. The summed E-state index contributed by atoms with van der Waals surface area (Å²) in [5, 5.41) is 2.43. The monoisotopic (exact) mass is 395 g/mol. The minimum Gasteiger partial charge on any atom is -0.497 e. The first-order valence-electron chi connectivity index (χ1n) is 9.54. The van der Waals surface area contributed by atoms with E-state index in [1.54, 1.807) is 17.0 Å². The molecule has 7 heteroatoms. The van der Waals surface area contributed by atoms with Crippen LogP contribution < -0.4 is 15.0 Å². The van der Waals surface area contributed by atoms with Gasteiger partial charge in [0.25, 0.3) is 5.91 Å². The van der Waals surface area contributed by atoms with Crippen LogP contribution in [0.4, 0.5) is 5.69 Å². The van der Waals surface area contributed by atoms with Gasteiger partial charge in [-0.2, -0.15) is 0 Å². The number of carbonyl (C=O) groups excluding carboxylic acids is 3. The summed E-state index contributed by atoms with van der Waals surface area (Å²) in [4.78, 5) is 40.6. The predicted molar refractivity (Wildman–Crippen MR) is 110 cm³/mol. The van der Waals surface area contributed by atoms with Crippen LogP contribution in [0.25, 0.3) is 0 Å². The molecular weight excluding hydrogens is 370 g/mol. The van der Waals surface area contributed by atoms with Crippen LogP contribution in [0.3, 0.4) is 0 Å². The maximum Gasteiger partial charge on any atom is 0.292 e. The summed E-state index contributed by atoms with van der Waals surface area (Å²) < 4.78 is 5.03. The third-order valence-corrected chi connectivity index (χ3v) is 4.96. The first-order chi connectivity index (χ1) is 14.0. The fourth-order valence-electron chi connectivity index (χ4n) is 3.26. The highest BCUT2D eigenvalue weighted by atomic mass is 16.5. The lowest BCUT2D eigenvalue weighted by atomic mass is 10.1. The topological polar surface area (TPSA) is 78.9 Å². The van der Waals surface area contributed by atoms with Gasteiger partial charge >= 0.3 is 0 Å². The number of aryl methyl sites for hydroxylation is 1. The zero-order chi connectivity index (χ0) is 20.8. The van der Waals surface area contributed by atoms with Gasteiger partial charge in [0.15, 0.2) is 0 Å². The Labute approximate surface area is 170 Å². The van der Waals surface area contributed by atoms with Gasteiger partial charge in [-0.1, -0.05) is 12.1 Å². The molecule has 2 amide bonds. The molecule has 0 radical (unpaired) electrons. The largest absolute Gasteiger partial charge is 0.497 e. The van der Waals surface area contributed by atoms with Crippen molar-refractivity contribution in [1.82, 2.24) is 10.2 Å². The van der Waals surface area contributed by atoms with Crippen molar-refractivity contribution < 1.29 is 19.1 Å². The molecule has 1 aliphatic heterocycles. The molecule has 2 aromatic carbocycles. The number of methoxy groups -OCH3 is 1. The molecule has 1 fully saturated rings. The van der Waals surface area contributed by atoms with Crippen LogP contribution >= 0.6 is 0 Å². The van der Waals surface area contributed by atoms with Gasteiger partial charge in [-0.3, -0.25) is 14.4 Å². The Morgan fingerprint density at radius 1 is 1.00 bits per heavy atom. The van der Waals surface area contributed by atoms with Gasteiger partial charge < -0.3 is 19.9 Å². The molecule has 0 spiro atoms. The molecule has 7 nitrogen and oxygen atoms in total. The van der Waals surface area contributed by atoms with E-state index in [4.69, 9.17) is 4.74 Å². The quantitative estimate of drug-likeness (QED) is 0.594. The number of Topliss-reactive ketones (excluding diaryl/α,β-unsaturated/α-hetero) is 1. The number of ketones is 1. The number of hydrogen-bond acceptors (Lipinski definition) is 5. The second kappa shape index (κ2) is 9.23. The Bertz CT molecular complexity index is 887. The molecule has 1 saturated heterocycles. The number of benzene rings is 2. The third kappa shape index (κ3) is 5.13. The SMILES string of the molecule is COc1ccc(C(=O)C(=O)NCC(=O)N2CCN(c3cccc(C)c3)CC2)cc1. The lowest BCUT2D eigenvalue weighted by Crippen LogP contribution is -2.51. The third-order valence-electron chi connectivity index (χ3n) is 4.96. The molecule has 0 atom stereocenters. The number of amides is 2. The summed E-state index contributed by atoms with van der Waals surface area (Å²) >= 11 is 0. The molecule has 0 bridgehead atoms. The predicted octanol–water partition coefficient (Wildman–Crippen LogP) is 1.65. The van der Waals surface area contributed by atoms with Gasteiger partial charge in [0, 0.05) is 37.4 Å². The standard InChI is InChI=1S/C22H25N3O4/c1-16-4-3-5-18(14-16)24-10-12-25(13-11-24)20(26)15-23-22(28)21(27)17-6-8-19(29-2)9-7-17/h3-9,14H,10-13,15H2,1-2H3,(H,23,28). The zero-order valence-corrected chi connectivity index (χ0v) is 16.7. The number of piperazine rings is 1. The smallest absolute Gasteiger partial charge is 0.292 e. The fourth-order valence-corrected chi connectivity index (χ4v) is 3.26. The maximum atomic E-state index is 12.4. The fraction of sp³-hybridized carbons (Fsp3) is 0.318. The number of rotatable bonds is 6. The van der Waals surface area contributed by atoms with Crippen molar-refractivity contribution in [3.63, 3.8) is 0 Å². The Hall–Kier alpha value is -3.35. The van der Waals surface area contributed by atoms with Gasteiger partial charge in [-0.25, -0.2) is 0 Å². The Morgan fingerprint density at radius 3 is 2.31 bits per heavy atom. The molecule has 1 N–H and O–H groups in total. The second-order valence-corrected chi connectivity index (χ2v) is 6.95. The van der Waals surface area contributed by atoms with Crippen LogP contribution in [0.1, 0.15) is 15.9 Å². The van der Waals surface area contributed by atoms with E-state index in [9.17, 15) is 14.4 Å². The lowest BCUT2D eigenvalue weighted by molar-refractivity contribution is -0.132. The zero-order valence-electron chi connectivity index (χ0n) is 16.7. The van der Waals surface area contributed by atoms with E-state index in [1.165, 1.54) is 24.8 Å². The lowest BCUT2D eigenvalue weighted by Gasteiger charge is -2.36. The number of anilines is 1. The van der Waals surface area contributed by atoms with E-state index in [-0.39, 0.29) is 18.0 Å². The van der Waals surface area contributed by atoms with E-state index < -0.39 is 11.7 Å². The summed E-state index contributed by atoms with van der Waals surface area (Å²) in [6.45, 7) is 4.48. The van der Waals surface area contributed by atoms with Crippen molar-refractivity contribution in [2.24, 2.45) is 0 Å². The highest BCUT2D eigenvalue weighted by Gasteiger charge is 2.23. The Kier molecular flexibility index (Phi) is 6.49. The van der Waals surface area contributed by atoms with Gasteiger partial charge in [0.1, 0.15) is 5.75 Å². The molecule has 2 aromatic rings. The average Bonchev–Trinajstić information content (AvgIpc) is 2.77. The van der Waals surface area contributed by atoms with Gasteiger partial charge in [0.2, 0.25) is 11.7 Å². The van der Waals surface area contributed by atoms with Crippen LogP contribution in [-0.2, 0) is 9.59 Å². The molecule has 152 valence electrons.